The highest BCUT2D eigenvalue weighted by molar-refractivity contribution is 5.73. The van der Waals surface area contributed by atoms with Crippen molar-refractivity contribution < 1.29 is 52.4 Å². The molecular weight excluding hydrogens is 743 g/mol. The van der Waals surface area contributed by atoms with Crippen LogP contribution in [0.2, 0.25) is 0 Å². The molecule has 0 saturated carbocycles. The molecule has 0 aliphatic carbocycles. The molecule has 2 aliphatic rings. The average molecular weight is 820 g/mol. The van der Waals surface area contributed by atoms with Crippen LogP contribution in [0.1, 0.15) is 168 Å². The van der Waals surface area contributed by atoms with E-state index in [2.05, 4.69) is 30.9 Å². The predicted octanol–water partition coefficient (Wildman–Crippen LogP) is 8.91. The number of hydrogen-bond donors (Lipinski definition) is 0. The van der Waals surface area contributed by atoms with Crippen molar-refractivity contribution in [3.8, 4) is 0 Å². The van der Waals surface area contributed by atoms with Crippen LogP contribution in [0.4, 0.5) is 0 Å². The van der Waals surface area contributed by atoms with Gasteiger partial charge >= 0.3 is 29.8 Å². The van der Waals surface area contributed by atoms with Crippen molar-refractivity contribution in [1.29, 1.82) is 0 Å². The summed E-state index contributed by atoms with van der Waals surface area (Å²) in [5.41, 5.74) is 0. The van der Waals surface area contributed by atoms with E-state index in [-0.39, 0.29) is 49.9 Å². The first-order valence-electron chi connectivity index (χ1n) is 22.7. The summed E-state index contributed by atoms with van der Waals surface area (Å²) in [7, 11) is 2.03. The maximum absolute atomic E-state index is 13.0. The molecule has 0 unspecified atom stereocenters. The normalized spacial score (nSPS) is 18.8. The van der Waals surface area contributed by atoms with Crippen LogP contribution in [-0.2, 0) is 52.4 Å². The quantitative estimate of drug-likeness (QED) is 0.0270. The number of allylic oxidation sites excluding steroid dienone is 2. The van der Waals surface area contributed by atoms with Gasteiger partial charge in [-0.15, -0.1) is 0 Å². The Labute approximate surface area is 349 Å². The second kappa shape index (κ2) is 33.6. The topological polar surface area (TPSA) is 144 Å². The van der Waals surface area contributed by atoms with E-state index >= 15 is 0 Å². The van der Waals surface area contributed by atoms with Crippen LogP contribution in [0.15, 0.2) is 24.3 Å². The summed E-state index contributed by atoms with van der Waals surface area (Å²) in [6.45, 7) is 6.56. The summed E-state index contributed by atoms with van der Waals surface area (Å²) < 4.78 is 33.7. The van der Waals surface area contributed by atoms with Gasteiger partial charge in [0.2, 0.25) is 0 Å². The number of piperidine rings is 1. The molecule has 2 saturated heterocycles. The zero-order valence-corrected chi connectivity index (χ0v) is 36.3. The molecule has 0 aromatic carbocycles. The number of likely N-dealkylation sites (tertiary alicyclic amines) is 1. The molecule has 0 radical (unpaired) electrons. The minimum Gasteiger partial charge on any atom is -0.463 e. The third-order valence-corrected chi connectivity index (χ3v) is 10.7. The Kier molecular flexibility index (Phi) is 29.5. The molecule has 332 valence electrons. The predicted molar refractivity (Wildman–Crippen MR) is 224 cm³/mol. The van der Waals surface area contributed by atoms with E-state index in [0.29, 0.717) is 51.7 Å². The molecule has 0 bridgehead atoms. The molecule has 58 heavy (non-hydrogen) atoms. The lowest BCUT2D eigenvalue weighted by Crippen LogP contribution is -2.41. The molecule has 2 rings (SSSR count). The fourth-order valence-electron chi connectivity index (χ4n) is 6.97. The molecule has 0 spiro atoms. The van der Waals surface area contributed by atoms with Gasteiger partial charge in [0.25, 0.3) is 0 Å². The van der Waals surface area contributed by atoms with E-state index in [9.17, 15) is 24.0 Å². The lowest BCUT2D eigenvalue weighted by Gasteiger charge is -2.28. The summed E-state index contributed by atoms with van der Waals surface area (Å²) in [4.78, 5) is 64.9. The van der Waals surface area contributed by atoms with Crippen LogP contribution < -0.4 is 0 Å². The smallest absolute Gasteiger partial charge is 0.309 e. The second-order valence-electron chi connectivity index (χ2n) is 15.9. The Morgan fingerprint density at radius 1 is 0.569 bits per heavy atom. The van der Waals surface area contributed by atoms with Crippen LogP contribution in [-0.4, -0.2) is 99.6 Å². The monoisotopic (exact) mass is 820 g/mol. The number of carbonyl (C=O) groups is 5. The summed E-state index contributed by atoms with van der Waals surface area (Å²) in [6, 6.07) is 0. The van der Waals surface area contributed by atoms with E-state index in [1.165, 1.54) is 38.5 Å². The number of esters is 5. The minimum absolute atomic E-state index is 0.0289. The molecule has 0 aromatic rings. The number of ether oxygens (including phenoxy) is 6. The molecule has 2 fully saturated rings. The zero-order chi connectivity index (χ0) is 42.1. The van der Waals surface area contributed by atoms with Crippen molar-refractivity contribution in [1.82, 2.24) is 4.90 Å². The second-order valence-corrected chi connectivity index (χ2v) is 15.9. The Hall–Kier alpha value is -3.25. The first-order valence-corrected chi connectivity index (χ1v) is 22.7. The Morgan fingerprint density at radius 2 is 1.03 bits per heavy atom. The molecule has 0 aromatic heterocycles. The molecule has 12 heteroatoms. The summed E-state index contributed by atoms with van der Waals surface area (Å²) >= 11 is 0. The van der Waals surface area contributed by atoms with Crippen LogP contribution >= 0.6 is 0 Å². The van der Waals surface area contributed by atoms with Gasteiger partial charge in [-0.25, -0.2) is 0 Å². The molecular formula is C46H77NO11. The van der Waals surface area contributed by atoms with E-state index in [1.807, 2.05) is 19.2 Å². The highest BCUT2D eigenvalue weighted by atomic mass is 16.6. The Morgan fingerprint density at radius 3 is 1.53 bits per heavy atom. The lowest BCUT2D eigenvalue weighted by atomic mass is 9.97. The SMILES string of the molecule is CCCCCC/C=C\COC(=O)CCCCCCC(=O)O[C@@H]1[C@@H](OC(=O)CCCCCCC(=O)OC/C=C\CCCCCC)CO[C@@H]1COC(=O)C1CCN(C)CC1. The molecule has 0 amide bonds. The summed E-state index contributed by atoms with van der Waals surface area (Å²) in [6.07, 6.45) is 25.3. The van der Waals surface area contributed by atoms with Crippen LogP contribution in [0.5, 0.6) is 0 Å². The third-order valence-electron chi connectivity index (χ3n) is 10.7. The van der Waals surface area contributed by atoms with Crippen molar-refractivity contribution >= 4 is 29.8 Å². The van der Waals surface area contributed by atoms with Gasteiger partial charge in [0, 0.05) is 25.7 Å². The summed E-state index contributed by atoms with van der Waals surface area (Å²) in [5.74, 6) is -1.78. The van der Waals surface area contributed by atoms with Crippen molar-refractivity contribution in [2.75, 3.05) is 46.6 Å². The maximum Gasteiger partial charge on any atom is 0.309 e. The van der Waals surface area contributed by atoms with E-state index in [0.717, 1.165) is 77.3 Å². The van der Waals surface area contributed by atoms with Crippen LogP contribution in [0.3, 0.4) is 0 Å². The fourth-order valence-corrected chi connectivity index (χ4v) is 6.97. The average Bonchev–Trinajstić information content (AvgIpc) is 3.58. The van der Waals surface area contributed by atoms with Gasteiger partial charge < -0.3 is 33.3 Å². The van der Waals surface area contributed by atoms with Crippen molar-refractivity contribution in [3.63, 3.8) is 0 Å². The first-order chi connectivity index (χ1) is 28.2. The van der Waals surface area contributed by atoms with Gasteiger partial charge in [-0.2, -0.15) is 0 Å². The van der Waals surface area contributed by atoms with Crippen LogP contribution in [0, 0.1) is 5.92 Å². The third kappa shape index (κ3) is 25.3. The highest BCUT2D eigenvalue weighted by Crippen LogP contribution is 2.25. The van der Waals surface area contributed by atoms with Gasteiger partial charge in [0.1, 0.15) is 25.9 Å². The van der Waals surface area contributed by atoms with E-state index < -0.39 is 30.3 Å². The van der Waals surface area contributed by atoms with Gasteiger partial charge in [-0.1, -0.05) is 102 Å². The molecule has 0 N–H and O–H groups in total. The Bertz CT molecular complexity index is 1200. The van der Waals surface area contributed by atoms with Crippen molar-refractivity contribution in [3.05, 3.63) is 24.3 Å². The molecule has 3 atom stereocenters. The zero-order valence-electron chi connectivity index (χ0n) is 36.3. The van der Waals surface area contributed by atoms with Gasteiger partial charge in [0.15, 0.2) is 12.2 Å². The lowest BCUT2D eigenvalue weighted by molar-refractivity contribution is -0.169. The van der Waals surface area contributed by atoms with E-state index in [1.54, 1.807) is 0 Å². The van der Waals surface area contributed by atoms with Crippen LogP contribution in [0.25, 0.3) is 0 Å². The van der Waals surface area contributed by atoms with Gasteiger partial charge in [0.05, 0.1) is 12.5 Å². The number of rotatable bonds is 33. The largest absolute Gasteiger partial charge is 0.463 e. The number of carbonyl (C=O) groups excluding carboxylic acids is 5. The number of nitrogens with zero attached hydrogens (tertiary/aromatic N) is 1. The minimum atomic E-state index is -0.899. The van der Waals surface area contributed by atoms with Gasteiger partial charge in [-0.3, -0.25) is 24.0 Å². The molecule has 12 nitrogen and oxygen atoms in total. The standard InChI is InChI=1S/C46H77NO11/c1-4-6-8-10-12-18-24-34-53-41(48)26-20-14-16-22-28-43(50)57-40-37-55-39(36-56-46(52)38-30-32-47(3)33-31-38)45(40)58-44(51)29-23-17-15-21-27-42(49)54-35-25-19-13-11-9-7-5-2/h18-19,24-25,38-40,45H,4-17,20-23,26-37H2,1-3H3/b24-18-,25-19-/t39-,40+,45+/m1/s1. The number of unbranched alkanes of at least 4 members (excludes halogenated alkanes) is 14. The van der Waals surface area contributed by atoms with Crippen molar-refractivity contribution in [2.24, 2.45) is 5.92 Å². The molecule has 2 heterocycles. The Balaban J connectivity index is 1.70. The summed E-state index contributed by atoms with van der Waals surface area (Å²) in [5, 5.41) is 0. The molecule has 2 aliphatic heterocycles. The highest BCUT2D eigenvalue weighted by Gasteiger charge is 2.43. The fraction of sp³-hybridized carbons (Fsp3) is 0.804. The van der Waals surface area contributed by atoms with E-state index in [4.69, 9.17) is 28.4 Å². The van der Waals surface area contributed by atoms with Crippen molar-refractivity contribution in [2.45, 2.75) is 186 Å². The first kappa shape index (κ1) is 50.9. The maximum atomic E-state index is 13.0. The van der Waals surface area contributed by atoms with Gasteiger partial charge in [-0.05, 0) is 84.3 Å². The number of hydrogen-bond acceptors (Lipinski definition) is 12.